The van der Waals surface area contributed by atoms with E-state index in [1.165, 1.54) is 5.56 Å². The summed E-state index contributed by atoms with van der Waals surface area (Å²) in [7, 11) is 0. The number of nitrogens with one attached hydrogen (secondary N) is 1. The average molecular weight is 576 g/mol. The van der Waals surface area contributed by atoms with Crippen molar-refractivity contribution in [1.29, 1.82) is 0 Å². The Labute approximate surface area is 251 Å². The summed E-state index contributed by atoms with van der Waals surface area (Å²) in [5.41, 5.74) is 10.3. The van der Waals surface area contributed by atoms with Crippen LogP contribution in [0.4, 0.5) is 0 Å². The van der Waals surface area contributed by atoms with E-state index in [2.05, 4.69) is 30.4 Å². The van der Waals surface area contributed by atoms with Crippen molar-refractivity contribution in [2.75, 3.05) is 19.6 Å². The number of hydrogen-bond acceptors (Lipinski definition) is 5. The second-order valence-corrected chi connectivity index (χ2v) is 11.6. The Morgan fingerprint density at radius 3 is 2.24 bits per heavy atom. The number of hydrogen-bond donors (Lipinski definition) is 4. The number of primary amides is 1. The van der Waals surface area contributed by atoms with Gasteiger partial charge < -0.3 is 26.2 Å². The first-order valence-electron chi connectivity index (χ1n) is 15.3. The summed E-state index contributed by atoms with van der Waals surface area (Å²) in [5, 5.41) is 24.9. The minimum atomic E-state index is -1.27. The molecule has 2 aromatic rings. The van der Waals surface area contributed by atoms with E-state index in [4.69, 9.17) is 5.73 Å². The van der Waals surface area contributed by atoms with Gasteiger partial charge in [0.25, 0.3) is 0 Å². The molecule has 228 valence electrons. The molecule has 3 rings (SSSR count). The summed E-state index contributed by atoms with van der Waals surface area (Å²) in [6.07, 6.45) is 5.87. The van der Waals surface area contributed by atoms with E-state index in [1.54, 1.807) is 0 Å². The van der Waals surface area contributed by atoms with Crippen molar-refractivity contribution in [1.82, 2.24) is 10.2 Å². The Hall–Kier alpha value is -3.26. The van der Waals surface area contributed by atoms with Crippen LogP contribution in [0, 0.1) is 11.3 Å². The molecular weight excluding hydrogens is 526 g/mol. The molecule has 7 nitrogen and oxygen atoms in total. The minimum absolute atomic E-state index is 0.0822. The first-order chi connectivity index (χ1) is 20.2. The quantitative estimate of drug-likeness (QED) is 0.236. The third-order valence-corrected chi connectivity index (χ3v) is 8.22. The molecule has 0 fully saturated rings. The SMILES string of the molecule is CCCN(CCC)C(=O)C1=CC(C)=CC(C(N)=O)([C@H](Cc2cccc(CO)c2)[C@@H](O)CNCc2cccc(CC)c2)C1. The highest BCUT2D eigenvalue weighted by Crippen LogP contribution is 2.44. The fourth-order valence-corrected chi connectivity index (χ4v) is 6.15. The molecule has 0 bridgehead atoms. The number of aliphatic hydroxyl groups is 2. The molecule has 2 aromatic carbocycles. The number of benzene rings is 2. The van der Waals surface area contributed by atoms with Gasteiger partial charge in [0.05, 0.1) is 18.1 Å². The zero-order chi connectivity index (χ0) is 30.7. The lowest BCUT2D eigenvalue weighted by atomic mass is 9.63. The fraction of sp³-hybridized carbons (Fsp3) is 0.486. The normalized spacial score (nSPS) is 18.1. The Morgan fingerprint density at radius 2 is 1.62 bits per heavy atom. The molecule has 0 aromatic heterocycles. The summed E-state index contributed by atoms with van der Waals surface area (Å²) in [6, 6.07) is 15.9. The monoisotopic (exact) mass is 575 g/mol. The van der Waals surface area contributed by atoms with Gasteiger partial charge in [0.2, 0.25) is 11.8 Å². The first kappa shape index (κ1) is 33.2. The molecule has 3 atom stereocenters. The summed E-state index contributed by atoms with van der Waals surface area (Å²) in [6.45, 7) is 10.1. The fourth-order valence-electron chi connectivity index (χ4n) is 6.15. The molecule has 1 unspecified atom stereocenters. The molecule has 0 radical (unpaired) electrons. The smallest absolute Gasteiger partial charge is 0.249 e. The highest BCUT2D eigenvalue weighted by atomic mass is 16.3. The third-order valence-electron chi connectivity index (χ3n) is 8.22. The van der Waals surface area contributed by atoms with Gasteiger partial charge in [-0.25, -0.2) is 0 Å². The van der Waals surface area contributed by atoms with E-state index in [0.717, 1.165) is 41.5 Å². The van der Waals surface area contributed by atoms with E-state index < -0.39 is 23.3 Å². The van der Waals surface area contributed by atoms with Crippen LogP contribution in [0.3, 0.4) is 0 Å². The first-order valence-corrected chi connectivity index (χ1v) is 15.3. The predicted octanol–water partition coefficient (Wildman–Crippen LogP) is 4.45. The van der Waals surface area contributed by atoms with Crippen LogP contribution in [0.1, 0.15) is 69.2 Å². The van der Waals surface area contributed by atoms with Gasteiger partial charge in [0.1, 0.15) is 0 Å². The maximum absolute atomic E-state index is 13.7. The molecule has 42 heavy (non-hydrogen) atoms. The predicted molar refractivity (Wildman–Crippen MR) is 168 cm³/mol. The number of amides is 2. The Kier molecular flexibility index (Phi) is 12.5. The van der Waals surface area contributed by atoms with Crippen molar-refractivity contribution in [2.45, 2.75) is 79.1 Å². The van der Waals surface area contributed by atoms with Crippen LogP contribution < -0.4 is 11.1 Å². The molecule has 1 aliphatic rings. The van der Waals surface area contributed by atoms with Crippen LogP contribution in [0.15, 0.2) is 71.8 Å². The van der Waals surface area contributed by atoms with Crippen LogP contribution in [0.5, 0.6) is 0 Å². The van der Waals surface area contributed by atoms with Gasteiger partial charge in [-0.2, -0.15) is 0 Å². The number of rotatable bonds is 16. The van der Waals surface area contributed by atoms with Gasteiger partial charge >= 0.3 is 0 Å². The molecule has 0 saturated heterocycles. The van der Waals surface area contributed by atoms with Crippen molar-refractivity contribution < 1.29 is 19.8 Å². The topological polar surface area (TPSA) is 116 Å². The molecule has 0 spiro atoms. The second kappa shape index (κ2) is 15.8. The molecule has 7 heteroatoms. The van der Waals surface area contributed by atoms with E-state index in [1.807, 2.05) is 68.2 Å². The molecule has 0 saturated carbocycles. The third kappa shape index (κ3) is 8.40. The Bertz CT molecular complexity index is 1260. The summed E-state index contributed by atoms with van der Waals surface area (Å²) >= 11 is 0. The number of nitrogens with zero attached hydrogens (tertiary/aromatic N) is 1. The second-order valence-electron chi connectivity index (χ2n) is 11.6. The van der Waals surface area contributed by atoms with Crippen LogP contribution in [-0.4, -0.2) is 52.7 Å². The Balaban J connectivity index is 1.96. The number of aliphatic hydroxyl groups excluding tert-OH is 2. The zero-order valence-corrected chi connectivity index (χ0v) is 25.7. The molecule has 1 aliphatic carbocycles. The molecule has 5 N–H and O–H groups in total. The molecule has 2 amide bonds. The van der Waals surface area contributed by atoms with Crippen LogP contribution in [0.2, 0.25) is 0 Å². The number of aryl methyl sites for hydroxylation is 1. The number of allylic oxidation sites excluding steroid dienone is 2. The maximum Gasteiger partial charge on any atom is 0.249 e. The van der Waals surface area contributed by atoms with Crippen LogP contribution >= 0.6 is 0 Å². The highest BCUT2D eigenvalue weighted by molar-refractivity contribution is 5.97. The van der Waals surface area contributed by atoms with Crippen molar-refractivity contribution >= 4 is 11.8 Å². The minimum Gasteiger partial charge on any atom is -0.392 e. The van der Waals surface area contributed by atoms with Crippen LogP contribution in [0.25, 0.3) is 0 Å². The van der Waals surface area contributed by atoms with Crippen LogP contribution in [-0.2, 0) is 35.6 Å². The van der Waals surface area contributed by atoms with Crippen molar-refractivity contribution in [3.63, 3.8) is 0 Å². The van der Waals surface area contributed by atoms with E-state index in [9.17, 15) is 19.8 Å². The van der Waals surface area contributed by atoms with E-state index in [0.29, 0.717) is 31.6 Å². The standard InChI is InChI=1S/C35H49N3O4/c1-5-14-38(15-6-2)33(41)30-16-25(4)20-35(21-30,34(36)42)31(19-27-11-9-13-29(18-27)24-39)32(40)23-37-22-28-12-8-10-26(7-3)17-28/h8-13,16-18,20,31-32,37,39-40H,5-7,14-15,19,21-24H2,1-4H3,(H2,36,42)/t31-,32+,35?/m1/s1. The molecule has 0 aliphatic heterocycles. The van der Waals surface area contributed by atoms with Gasteiger partial charge in [-0.05, 0) is 61.3 Å². The van der Waals surface area contributed by atoms with Gasteiger partial charge in [-0.1, -0.05) is 87.0 Å². The highest BCUT2D eigenvalue weighted by Gasteiger charge is 2.48. The van der Waals surface area contributed by atoms with Crippen molar-refractivity contribution in [2.24, 2.45) is 17.1 Å². The van der Waals surface area contributed by atoms with Gasteiger partial charge in [0.15, 0.2) is 0 Å². The molecular formula is C35H49N3O4. The van der Waals surface area contributed by atoms with E-state index >= 15 is 0 Å². The Morgan fingerprint density at radius 1 is 1.00 bits per heavy atom. The summed E-state index contributed by atoms with van der Waals surface area (Å²) in [4.78, 5) is 29.1. The van der Waals surface area contributed by atoms with Gasteiger partial charge in [-0.3, -0.25) is 9.59 Å². The number of carbonyl (C=O) groups is 2. The number of carbonyl (C=O) groups excluding carboxylic acids is 2. The average Bonchev–Trinajstić information content (AvgIpc) is 2.99. The lowest BCUT2D eigenvalue weighted by Gasteiger charge is -2.42. The van der Waals surface area contributed by atoms with Gasteiger partial charge in [-0.15, -0.1) is 0 Å². The lowest BCUT2D eigenvalue weighted by Crippen LogP contribution is -2.51. The summed E-state index contributed by atoms with van der Waals surface area (Å²) in [5.74, 6) is -1.26. The largest absolute Gasteiger partial charge is 0.392 e. The van der Waals surface area contributed by atoms with Crippen molar-refractivity contribution in [3.05, 3.63) is 94.1 Å². The number of nitrogens with two attached hydrogens (primary N) is 1. The molecule has 0 heterocycles. The maximum atomic E-state index is 13.7. The van der Waals surface area contributed by atoms with E-state index in [-0.39, 0.29) is 25.5 Å². The zero-order valence-electron chi connectivity index (χ0n) is 25.7. The summed E-state index contributed by atoms with van der Waals surface area (Å²) < 4.78 is 0. The van der Waals surface area contributed by atoms with Crippen molar-refractivity contribution in [3.8, 4) is 0 Å². The van der Waals surface area contributed by atoms with Gasteiger partial charge in [0, 0.05) is 37.7 Å². The lowest BCUT2D eigenvalue weighted by molar-refractivity contribution is -0.132.